The Kier molecular flexibility index (Phi) is 8.52. The van der Waals surface area contributed by atoms with Gasteiger partial charge in [0.05, 0.1) is 19.5 Å². The molecular weight excluding hydrogens is 580 g/mol. The van der Waals surface area contributed by atoms with Gasteiger partial charge in [-0.05, 0) is 48.5 Å². The zero-order chi connectivity index (χ0) is 29.0. The molecule has 41 heavy (non-hydrogen) atoms. The lowest BCUT2D eigenvalue weighted by Crippen LogP contribution is -2.13. The van der Waals surface area contributed by atoms with Crippen molar-refractivity contribution in [2.24, 2.45) is 0 Å². The van der Waals surface area contributed by atoms with E-state index in [1.807, 2.05) is 0 Å². The van der Waals surface area contributed by atoms with Crippen LogP contribution in [0.4, 0.5) is 10.3 Å². The molecule has 5 rings (SSSR count). The van der Waals surface area contributed by atoms with Crippen molar-refractivity contribution in [3.8, 4) is 0 Å². The summed E-state index contributed by atoms with van der Waals surface area (Å²) in [6.45, 7) is 3.40. The highest BCUT2D eigenvalue weighted by Gasteiger charge is 2.30. The minimum Gasteiger partial charge on any atom is -0.424 e. The fraction of sp³-hybridized carbons (Fsp3) is 0.192. The summed E-state index contributed by atoms with van der Waals surface area (Å²) in [5.74, 6) is 0.0260. The minimum atomic E-state index is -3.95. The number of halogens is 2. The maximum absolute atomic E-state index is 13.7. The lowest BCUT2D eigenvalue weighted by atomic mass is 10.2. The molecule has 0 saturated heterocycles. The van der Waals surface area contributed by atoms with Gasteiger partial charge in [-0.25, -0.2) is 9.37 Å². The number of benzene rings is 2. The highest BCUT2D eigenvalue weighted by molar-refractivity contribution is 7.53. The summed E-state index contributed by atoms with van der Waals surface area (Å²) in [4.78, 5) is 22.5. The van der Waals surface area contributed by atoms with Crippen LogP contribution < -0.4 is 11.3 Å². The van der Waals surface area contributed by atoms with Crippen molar-refractivity contribution in [3.05, 3.63) is 105 Å². The highest BCUT2D eigenvalue weighted by Crippen LogP contribution is 2.50. The molecule has 0 fully saturated rings. The highest BCUT2D eigenvalue weighted by atomic mass is 35.5. The van der Waals surface area contributed by atoms with Crippen LogP contribution in [0.15, 0.2) is 77.9 Å². The van der Waals surface area contributed by atoms with Gasteiger partial charge in [0.15, 0.2) is 22.7 Å². The first-order valence-electron chi connectivity index (χ1n) is 12.1. The summed E-state index contributed by atoms with van der Waals surface area (Å²) < 4.78 is 57.1. The van der Waals surface area contributed by atoms with Gasteiger partial charge in [-0.2, -0.15) is 4.98 Å². The summed E-state index contributed by atoms with van der Waals surface area (Å²) in [6, 6.07) is 12.5. The number of hydrogen-bond acceptors (Lipinski definition) is 10. The summed E-state index contributed by atoms with van der Waals surface area (Å²) in [6.07, 6.45) is 0.970. The molecule has 3 N–H and O–H groups in total. The monoisotopic (exact) mass is 603 g/mol. The molecule has 4 aromatic rings. The Balaban J connectivity index is 1.28. The van der Waals surface area contributed by atoms with Crippen LogP contribution in [0.3, 0.4) is 0 Å². The summed E-state index contributed by atoms with van der Waals surface area (Å²) >= 11 is 5.98. The number of anilines is 1. The molecule has 0 amide bonds. The fourth-order valence-corrected chi connectivity index (χ4v) is 5.20. The number of nitrogens with two attached hydrogens (primary N) is 1. The predicted molar refractivity (Wildman–Crippen MR) is 148 cm³/mol. The Hall–Kier alpha value is -4.00. The number of aromatic amines is 1. The van der Waals surface area contributed by atoms with E-state index >= 15 is 0 Å². The number of nitrogen functional groups attached to an aromatic ring is 1. The first-order chi connectivity index (χ1) is 19.7. The van der Waals surface area contributed by atoms with Crippen LogP contribution in [0.5, 0.6) is 0 Å². The van der Waals surface area contributed by atoms with Gasteiger partial charge in [0.1, 0.15) is 18.8 Å². The second-order valence-corrected chi connectivity index (χ2v) is 11.2. The lowest BCUT2D eigenvalue weighted by molar-refractivity contribution is 0.114. The van der Waals surface area contributed by atoms with E-state index in [0.29, 0.717) is 21.9 Å². The zero-order valence-corrected chi connectivity index (χ0v) is 23.1. The average Bonchev–Trinajstić information content (AvgIpc) is 3.52. The van der Waals surface area contributed by atoms with Crippen LogP contribution in [0.25, 0.3) is 16.9 Å². The summed E-state index contributed by atoms with van der Waals surface area (Å²) in [5, 5.41) is 0.534. The van der Waals surface area contributed by atoms with Crippen LogP contribution in [-0.2, 0) is 41.0 Å². The van der Waals surface area contributed by atoms with E-state index in [9.17, 15) is 13.8 Å². The number of H-pyrrole nitrogens is 1. The van der Waals surface area contributed by atoms with E-state index in [2.05, 4.69) is 21.5 Å². The SMILES string of the molecule is C=C1OC(COP(=O)(COCCn2cnc3c(=O)[nH]c(N)nc32)OCc2cccc(F)c2)=C(c2ccc(Cl)cc2)O1. The van der Waals surface area contributed by atoms with E-state index in [1.54, 1.807) is 34.9 Å². The number of fused-ring (bicyclic) bond motifs is 1. The number of rotatable bonds is 12. The Morgan fingerprint density at radius 2 is 1.93 bits per heavy atom. The molecule has 0 radical (unpaired) electrons. The molecule has 2 aromatic carbocycles. The van der Waals surface area contributed by atoms with Gasteiger partial charge in [0.2, 0.25) is 5.95 Å². The van der Waals surface area contributed by atoms with Crippen molar-refractivity contribution in [1.82, 2.24) is 19.5 Å². The predicted octanol–water partition coefficient (Wildman–Crippen LogP) is 4.78. The maximum Gasteiger partial charge on any atom is 0.356 e. The quantitative estimate of drug-likeness (QED) is 0.171. The van der Waals surface area contributed by atoms with Crippen molar-refractivity contribution in [3.63, 3.8) is 0 Å². The van der Waals surface area contributed by atoms with E-state index in [1.165, 1.54) is 24.5 Å². The number of nitrogens with one attached hydrogen (secondary N) is 1. The molecule has 1 aliphatic heterocycles. The second kappa shape index (κ2) is 12.2. The van der Waals surface area contributed by atoms with Crippen molar-refractivity contribution >= 4 is 42.1 Å². The molecular formula is C26H24ClFN5O7P. The van der Waals surface area contributed by atoms with Crippen LogP contribution >= 0.6 is 19.2 Å². The molecule has 1 aliphatic rings. The minimum absolute atomic E-state index is 0.0148. The molecule has 0 saturated carbocycles. The standard InChI is InChI=1S/C26H24ClFN5O7P/c1-16-39-21(23(40-16)18-5-7-19(27)8-6-18)13-38-41(35,37-12-17-3-2-4-20(28)11-17)15-36-10-9-33-14-30-22-24(33)31-26(29)32-25(22)34/h2-8,11,14H,1,9-10,12-13,15H2,(H3,29,31,32,34). The maximum atomic E-state index is 13.7. The van der Waals surface area contributed by atoms with Crippen molar-refractivity contribution in [1.29, 1.82) is 0 Å². The normalized spacial score (nSPS) is 14.7. The van der Waals surface area contributed by atoms with Gasteiger partial charge >= 0.3 is 7.60 Å². The van der Waals surface area contributed by atoms with Crippen LogP contribution in [0.2, 0.25) is 5.02 Å². The van der Waals surface area contributed by atoms with Gasteiger partial charge in [-0.15, -0.1) is 0 Å². The molecule has 1 unspecified atom stereocenters. The fourth-order valence-electron chi connectivity index (χ4n) is 3.83. The van der Waals surface area contributed by atoms with Crippen molar-refractivity contribution in [2.45, 2.75) is 13.2 Å². The van der Waals surface area contributed by atoms with Crippen LogP contribution in [-0.4, -0.2) is 39.1 Å². The second-order valence-electron chi connectivity index (χ2n) is 8.72. The largest absolute Gasteiger partial charge is 0.424 e. The Bertz CT molecular complexity index is 1720. The number of hydrogen-bond donors (Lipinski definition) is 2. The Labute approximate surface area is 237 Å². The molecule has 0 bridgehead atoms. The number of imidazole rings is 1. The third kappa shape index (κ3) is 7.02. The topological polar surface area (TPSA) is 153 Å². The van der Waals surface area contributed by atoms with Gasteiger partial charge in [-0.1, -0.05) is 23.7 Å². The van der Waals surface area contributed by atoms with Gasteiger partial charge < -0.3 is 29.0 Å². The number of nitrogens with zero attached hydrogens (tertiary/aromatic N) is 3. The molecule has 1 atom stereocenters. The molecule has 0 aliphatic carbocycles. The number of ether oxygens (including phenoxy) is 3. The van der Waals surface area contributed by atoms with Crippen LogP contribution in [0.1, 0.15) is 11.1 Å². The van der Waals surface area contributed by atoms with E-state index < -0.39 is 25.3 Å². The Morgan fingerprint density at radius 3 is 2.71 bits per heavy atom. The molecule has 15 heteroatoms. The third-order valence-corrected chi connectivity index (χ3v) is 7.54. The van der Waals surface area contributed by atoms with Gasteiger partial charge in [0, 0.05) is 17.1 Å². The summed E-state index contributed by atoms with van der Waals surface area (Å²) in [7, 11) is -3.95. The van der Waals surface area contributed by atoms with Gasteiger partial charge in [-0.3, -0.25) is 18.9 Å². The molecule has 3 heterocycles. The van der Waals surface area contributed by atoms with Crippen LogP contribution in [0, 0.1) is 5.82 Å². The lowest BCUT2D eigenvalue weighted by Gasteiger charge is -2.19. The molecule has 214 valence electrons. The number of aromatic nitrogens is 4. The Morgan fingerprint density at radius 1 is 1.15 bits per heavy atom. The smallest absolute Gasteiger partial charge is 0.356 e. The van der Waals surface area contributed by atoms with E-state index in [4.69, 9.17) is 40.6 Å². The van der Waals surface area contributed by atoms with Crippen molar-refractivity contribution in [2.75, 3.05) is 25.3 Å². The molecule has 2 aromatic heterocycles. The first kappa shape index (κ1) is 28.5. The van der Waals surface area contributed by atoms with E-state index in [0.717, 1.165) is 0 Å². The first-order valence-corrected chi connectivity index (χ1v) is 14.2. The average molecular weight is 604 g/mol. The zero-order valence-electron chi connectivity index (χ0n) is 21.4. The van der Waals surface area contributed by atoms with Gasteiger partial charge in [0.25, 0.3) is 11.5 Å². The van der Waals surface area contributed by atoms with E-state index in [-0.39, 0.29) is 55.2 Å². The summed E-state index contributed by atoms with van der Waals surface area (Å²) in [5.41, 5.74) is 6.65. The molecule has 12 nitrogen and oxygen atoms in total. The van der Waals surface area contributed by atoms with Crippen molar-refractivity contribution < 1.29 is 32.2 Å². The molecule has 0 spiro atoms. The third-order valence-electron chi connectivity index (χ3n) is 5.74.